The van der Waals surface area contributed by atoms with Crippen molar-refractivity contribution in [2.75, 3.05) is 6.61 Å². The summed E-state index contributed by atoms with van der Waals surface area (Å²) in [4.78, 5) is 0. The molecule has 0 saturated heterocycles. The molecule has 4 heteroatoms. The van der Waals surface area contributed by atoms with Crippen LogP contribution in [0.1, 0.15) is 96.0 Å². The first-order chi connectivity index (χ1) is 14.1. The van der Waals surface area contributed by atoms with Gasteiger partial charge in [0.05, 0.1) is 31.5 Å². The smallest absolute Gasteiger partial charge is 0.0971 e. The van der Waals surface area contributed by atoms with Gasteiger partial charge in [0.1, 0.15) is 0 Å². The molecule has 0 radical (unpaired) electrons. The lowest BCUT2D eigenvalue weighted by Crippen LogP contribution is -2.45. The number of ether oxygens (including phenoxy) is 1. The van der Waals surface area contributed by atoms with E-state index >= 15 is 0 Å². The third-order valence-electron chi connectivity index (χ3n) is 5.61. The lowest BCUT2D eigenvalue weighted by Gasteiger charge is -2.23. The van der Waals surface area contributed by atoms with Crippen LogP contribution in [0.25, 0.3) is 0 Å². The number of aliphatic hydroxyl groups is 2. The maximum atomic E-state index is 10.2. The van der Waals surface area contributed by atoms with Gasteiger partial charge in [-0.2, -0.15) is 0 Å². The summed E-state index contributed by atoms with van der Waals surface area (Å²) >= 11 is 0. The zero-order valence-electron chi connectivity index (χ0n) is 18.6. The summed E-state index contributed by atoms with van der Waals surface area (Å²) in [7, 11) is 0. The SMILES string of the molecule is CCCCCCCCCCCCCC[C@@H](O)[C@@H](O)[C@@H](N)COCc1ccccc1. The monoisotopic (exact) mass is 407 g/mol. The minimum atomic E-state index is -0.932. The highest BCUT2D eigenvalue weighted by Crippen LogP contribution is 2.14. The topological polar surface area (TPSA) is 75.7 Å². The van der Waals surface area contributed by atoms with E-state index in [1.807, 2.05) is 30.3 Å². The van der Waals surface area contributed by atoms with Crippen molar-refractivity contribution in [1.29, 1.82) is 0 Å². The summed E-state index contributed by atoms with van der Waals surface area (Å²) < 4.78 is 5.57. The molecule has 4 nitrogen and oxygen atoms in total. The van der Waals surface area contributed by atoms with Crippen molar-refractivity contribution in [2.45, 2.75) is 115 Å². The molecule has 29 heavy (non-hydrogen) atoms. The van der Waals surface area contributed by atoms with Crippen LogP contribution in [0.5, 0.6) is 0 Å². The van der Waals surface area contributed by atoms with Crippen LogP contribution in [-0.2, 0) is 11.3 Å². The average molecular weight is 408 g/mol. The van der Waals surface area contributed by atoms with E-state index in [1.54, 1.807) is 0 Å². The van der Waals surface area contributed by atoms with E-state index in [0.29, 0.717) is 13.0 Å². The zero-order valence-corrected chi connectivity index (χ0v) is 18.6. The molecule has 0 aliphatic rings. The highest BCUT2D eigenvalue weighted by atomic mass is 16.5. The molecule has 1 aromatic carbocycles. The molecule has 1 aromatic rings. The molecule has 0 spiro atoms. The molecule has 4 N–H and O–H groups in total. The van der Waals surface area contributed by atoms with Gasteiger partial charge < -0.3 is 20.7 Å². The van der Waals surface area contributed by atoms with Gasteiger partial charge in [0.15, 0.2) is 0 Å². The molecule has 0 bridgehead atoms. The quantitative estimate of drug-likeness (QED) is 0.270. The molecular weight excluding hydrogens is 362 g/mol. The fraction of sp³-hybridized carbons (Fsp3) is 0.760. The molecule has 0 heterocycles. The van der Waals surface area contributed by atoms with Gasteiger partial charge in [0.25, 0.3) is 0 Å². The predicted octanol–water partition coefficient (Wildman–Crippen LogP) is 5.34. The molecule has 3 atom stereocenters. The Morgan fingerprint density at radius 3 is 1.86 bits per heavy atom. The minimum absolute atomic E-state index is 0.242. The van der Waals surface area contributed by atoms with Crippen LogP contribution in [0.4, 0.5) is 0 Å². The van der Waals surface area contributed by atoms with Gasteiger partial charge in [-0.15, -0.1) is 0 Å². The highest BCUT2D eigenvalue weighted by molar-refractivity contribution is 5.13. The fourth-order valence-corrected chi connectivity index (χ4v) is 3.64. The van der Waals surface area contributed by atoms with Crippen molar-refractivity contribution in [3.05, 3.63) is 35.9 Å². The molecule has 1 rings (SSSR count). The first-order valence-corrected chi connectivity index (χ1v) is 11.9. The normalized spacial score (nSPS) is 14.6. The van der Waals surface area contributed by atoms with E-state index < -0.39 is 18.2 Å². The second-order valence-corrected chi connectivity index (χ2v) is 8.40. The Kier molecular flexibility index (Phi) is 16.1. The van der Waals surface area contributed by atoms with Gasteiger partial charge in [-0.05, 0) is 12.0 Å². The van der Waals surface area contributed by atoms with E-state index in [4.69, 9.17) is 10.5 Å². The van der Waals surface area contributed by atoms with Gasteiger partial charge in [-0.25, -0.2) is 0 Å². The summed E-state index contributed by atoms with van der Waals surface area (Å²) in [6, 6.07) is 9.31. The molecule has 0 unspecified atom stereocenters. The van der Waals surface area contributed by atoms with Gasteiger partial charge in [-0.3, -0.25) is 0 Å². The molecule has 0 aliphatic carbocycles. The van der Waals surface area contributed by atoms with E-state index in [2.05, 4.69) is 6.92 Å². The Morgan fingerprint density at radius 2 is 1.31 bits per heavy atom. The zero-order chi connectivity index (χ0) is 21.2. The van der Waals surface area contributed by atoms with Gasteiger partial charge >= 0.3 is 0 Å². The van der Waals surface area contributed by atoms with Crippen LogP contribution in [0.15, 0.2) is 30.3 Å². The maximum Gasteiger partial charge on any atom is 0.0971 e. The van der Waals surface area contributed by atoms with Gasteiger partial charge in [0, 0.05) is 0 Å². The second kappa shape index (κ2) is 17.9. The van der Waals surface area contributed by atoms with E-state index in [1.165, 1.54) is 64.2 Å². The fourth-order valence-electron chi connectivity index (χ4n) is 3.64. The highest BCUT2D eigenvalue weighted by Gasteiger charge is 2.23. The molecule has 0 aromatic heterocycles. The number of hydrogen-bond acceptors (Lipinski definition) is 4. The standard InChI is InChI=1S/C25H45NO3/c1-2-3-4-5-6-7-8-9-10-11-12-16-19-24(27)25(28)23(26)21-29-20-22-17-14-13-15-18-22/h13-15,17-18,23-25,27-28H,2-12,16,19-21,26H2,1H3/t23-,24+,25-/m0/s1. The van der Waals surface area contributed by atoms with Gasteiger partial charge in [-0.1, -0.05) is 114 Å². The molecule has 0 aliphatic heterocycles. The maximum absolute atomic E-state index is 10.2. The van der Waals surface area contributed by atoms with E-state index in [9.17, 15) is 10.2 Å². The van der Waals surface area contributed by atoms with Crippen molar-refractivity contribution in [3.8, 4) is 0 Å². The van der Waals surface area contributed by atoms with Crippen LogP contribution in [0.2, 0.25) is 0 Å². The summed E-state index contributed by atoms with van der Waals surface area (Å²) in [6.45, 7) is 2.97. The number of nitrogens with two attached hydrogens (primary N) is 1. The van der Waals surface area contributed by atoms with Crippen LogP contribution >= 0.6 is 0 Å². The Bertz CT molecular complexity index is 468. The number of rotatable bonds is 19. The first-order valence-electron chi connectivity index (χ1n) is 11.9. The average Bonchev–Trinajstić information content (AvgIpc) is 2.74. The summed E-state index contributed by atoms with van der Waals surface area (Å²) in [5, 5.41) is 20.4. The molecule has 0 saturated carbocycles. The number of aliphatic hydroxyl groups excluding tert-OH is 2. The lowest BCUT2D eigenvalue weighted by molar-refractivity contribution is -0.0244. The molecule has 0 amide bonds. The Balaban J connectivity index is 1.95. The second-order valence-electron chi connectivity index (χ2n) is 8.40. The Labute approximate surface area is 178 Å². The van der Waals surface area contributed by atoms with E-state index in [-0.39, 0.29) is 6.61 Å². The molecule has 0 fully saturated rings. The lowest BCUT2D eigenvalue weighted by atomic mass is 10.00. The first kappa shape index (κ1) is 26.1. The third-order valence-corrected chi connectivity index (χ3v) is 5.61. The Hall–Kier alpha value is -0.940. The summed E-state index contributed by atoms with van der Waals surface area (Å²) in [5.74, 6) is 0. The van der Waals surface area contributed by atoms with Crippen LogP contribution in [-0.4, -0.2) is 35.1 Å². The van der Waals surface area contributed by atoms with Crippen LogP contribution < -0.4 is 5.73 Å². The van der Waals surface area contributed by atoms with Crippen molar-refractivity contribution in [2.24, 2.45) is 5.73 Å². The van der Waals surface area contributed by atoms with Crippen LogP contribution in [0, 0.1) is 0 Å². The van der Waals surface area contributed by atoms with Crippen molar-refractivity contribution in [3.63, 3.8) is 0 Å². The minimum Gasteiger partial charge on any atom is -0.390 e. The predicted molar refractivity (Wildman–Crippen MR) is 122 cm³/mol. The van der Waals surface area contributed by atoms with Crippen molar-refractivity contribution < 1.29 is 14.9 Å². The van der Waals surface area contributed by atoms with Crippen molar-refractivity contribution in [1.82, 2.24) is 0 Å². The molecule has 168 valence electrons. The van der Waals surface area contributed by atoms with Crippen molar-refractivity contribution >= 4 is 0 Å². The number of unbranched alkanes of at least 4 members (excludes halogenated alkanes) is 11. The van der Waals surface area contributed by atoms with Crippen LogP contribution in [0.3, 0.4) is 0 Å². The number of hydrogen-bond donors (Lipinski definition) is 3. The number of benzene rings is 1. The van der Waals surface area contributed by atoms with Gasteiger partial charge in [0.2, 0.25) is 0 Å². The summed E-state index contributed by atoms with van der Waals surface area (Å²) in [6.07, 6.45) is 14.4. The third kappa shape index (κ3) is 13.8. The van der Waals surface area contributed by atoms with E-state index in [0.717, 1.165) is 18.4 Å². The largest absolute Gasteiger partial charge is 0.390 e. The summed E-state index contributed by atoms with van der Waals surface area (Å²) in [5.41, 5.74) is 7.06. The Morgan fingerprint density at radius 1 is 0.793 bits per heavy atom. The molecular formula is C25H45NO3.